The summed E-state index contributed by atoms with van der Waals surface area (Å²) in [4.78, 5) is 0. The minimum atomic E-state index is -0.504. The number of phenolic OH excluding ortho intramolecular Hbond substituents is 1. The van der Waals surface area contributed by atoms with Crippen molar-refractivity contribution < 1.29 is 10.2 Å². The average Bonchev–Trinajstić information content (AvgIpc) is 2.76. The summed E-state index contributed by atoms with van der Waals surface area (Å²) in [6.07, 6.45) is 2.37. The molecule has 1 aliphatic carbocycles. The molecular weight excluding hydrogens is 232 g/mol. The summed E-state index contributed by atoms with van der Waals surface area (Å²) in [6.45, 7) is 0. The van der Waals surface area contributed by atoms with Crippen molar-refractivity contribution >= 4 is 15.9 Å². The highest BCUT2D eigenvalue weighted by molar-refractivity contribution is 9.10. The molecule has 0 spiro atoms. The molecule has 1 aliphatic rings. The van der Waals surface area contributed by atoms with Crippen molar-refractivity contribution in [3.05, 3.63) is 28.2 Å². The van der Waals surface area contributed by atoms with Crippen LogP contribution in [-0.2, 0) is 6.42 Å². The maximum atomic E-state index is 9.70. The molecule has 0 heterocycles. The Morgan fingerprint density at radius 3 is 2.69 bits per heavy atom. The van der Waals surface area contributed by atoms with E-state index in [-0.39, 0.29) is 5.75 Å². The lowest BCUT2D eigenvalue weighted by atomic mass is 10.1. The largest absolute Gasteiger partial charge is 0.508 e. The summed E-state index contributed by atoms with van der Waals surface area (Å²) >= 11 is 3.39. The molecule has 1 aromatic rings. The number of benzene rings is 1. The van der Waals surface area contributed by atoms with E-state index in [1.807, 2.05) is 0 Å². The first-order chi connectivity index (χ1) is 6.09. The van der Waals surface area contributed by atoms with Crippen LogP contribution in [0.4, 0.5) is 0 Å². The fraction of sp³-hybridized carbons (Fsp3) is 0.400. The summed E-state index contributed by atoms with van der Waals surface area (Å²) in [6, 6.07) is 5.13. The van der Waals surface area contributed by atoms with E-state index in [1.165, 1.54) is 0 Å². The van der Waals surface area contributed by atoms with Crippen LogP contribution >= 0.6 is 15.9 Å². The van der Waals surface area contributed by atoms with Crippen LogP contribution in [0.15, 0.2) is 22.7 Å². The molecule has 1 fully saturated rings. The smallest absolute Gasteiger partial charge is 0.115 e. The Hall–Kier alpha value is -0.540. The fourth-order valence-corrected chi connectivity index (χ4v) is 1.76. The predicted molar refractivity (Wildman–Crippen MR) is 53.7 cm³/mol. The van der Waals surface area contributed by atoms with Crippen molar-refractivity contribution in [1.29, 1.82) is 0 Å². The number of phenols is 1. The lowest BCUT2D eigenvalue weighted by Crippen LogP contribution is -2.10. The molecule has 3 heteroatoms. The highest BCUT2D eigenvalue weighted by atomic mass is 79.9. The van der Waals surface area contributed by atoms with Gasteiger partial charge >= 0.3 is 0 Å². The van der Waals surface area contributed by atoms with Crippen molar-refractivity contribution in [2.75, 3.05) is 0 Å². The zero-order valence-electron chi connectivity index (χ0n) is 7.13. The summed E-state index contributed by atoms with van der Waals surface area (Å²) in [7, 11) is 0. The van der Waals surface area contributed by atoms with Gasteiger partial charge in [-0.1, -0.05) is 15.9 Å². The van der Waals surface area contributed by atoms with E-state index in [0.717, 1.165) is 22.9 Å². The van der Waals surface area contributed by atoms with Gasteiger partial charge in [-0.05, 0) is 36.6 Å². The molecule has 2 rings (SSSR count). The van der Waals surface area contributed by atoms with Gasteiger partial charge in [-0.25, -0.2) is 0 Å². The Labute approximate surface area is 85.3 Å². The van der Waals surface area contributed by atoms with Gasteiger partial charge in [-0.3, -0.25) is 0 Å². The molecule has 70 valence electrons. The van der Waals surface area contributed by atoms with Crippen LogP contribution in [0.1, 0.15) is 18.4 Å². The number of aliphatic hydroxyl groups is 1. The Morgan fingerprint density at radius 1 is 1.38 bits per heavy atom. The number of hydrogen-bond acceptors (Lipinski definition) is 2. The Balaban J connectivity index is 2.23. The molecular formula is C10H11BrO2. The molecule has 1 saturated carbocycles. The third kappa shape index (κ3) is 2.03. The standard InChI is InChI=1S/C10H11BrO2/c11-9-2-1-8(12)5-7(9)6-10(13)3-4-10/h1-2,5,12-13H,3-4,6H2. The monoisotopic (exact) mass is 242 g/mol. The predicted octanol–water partition coefficient (Wildman–Crippen LogP) is 2.22. The Bertz CT molecular complexity index is 332. The zero-order valence-corrected chi connectivity index (χ0v) is 8.71. The van der Waals surface area contributed by atoms with Crippen LogP contribution in [0.2, 0.25) is 0 Å². The maximum Gasteiger partial charge on any atom is 0.115 e. The fourth-order valence-electron chi connectivity index (χ4n) is 1.37. The van der Waals surface area contributed by atoms with Crippen LogP contribution in [0.5, 0.6) is 5.75 Å². The molecule has 13 heavy (non-hydrogen) atoms. The third-order valence-electron chi connectivity index (χ3n) is 2.38. The van der Waals surface area contributed by atoms with Gasteiger partial charge in [-0.15, -0.1) is 0 Å². The van der Waals surface area contributed by atoms with Gasteiger partial charge in [0.1, 0.15) is 5.75 Å². The second-order valence-electron chi connectivity index (χ2n) is 3.68. The van der Waals surface area contributed by atoms with Crippen molar-refractivity contribution in [1.82, 2.24) is 0 Å². The summed E-state index contributed by atoms with van der Waals surface area (Å²) < 4.78 is 0.950. The van der Waals surface area contributed by atoms with Gasteiger partial charge in [0.25, 0.3) is 0 Å². The van der Waals surface area contributed by atoms with Gasteiger partial charge in [0.05, 0.1) is 5.60 Å². The van der Waals surface area contributed by atoms with Crippen LogP contribution < -0.4 is 0 Å². The summed E-state index contributed by atoms with van der Waals surface area (Å²) in [5.74, 6) is 0.252. The molecule has 0 unspecified atom stereocenters. The average molecular weight is 243 g/mol. The molecule has 1 aromatic carbocycles. The first-order valence-electron chi connectivity index (χ1n) is 4.29. The van der Waals surface area contributed by atoms with E-state index in [4.69, 9.17) is 0 Å². The first-order valence-corrected chi connectivity index (χ1v) is 5.08. The Morgan fingerprint density at radius 2 is 2.08 bits per heavy atom. The molecule has 0 radical (unpaired) electrons. The van der Waals surface area contributed by atoms with Crippen molar-refractivity contribution in [2.24, 2.45) is 0 Å². The highest BCUT2D eigenvalue weighted by Gasteiger charge is 2.40. The topological polar surface area (TPSA) is 40.5 Å². The van der Waals surface area contributed by atoms with Crippen LogP contribution in [0.25, 0.3) is 0 Å². The second kappa shape index (κ2) is 3.00. The van der Waals surface area contributed by atoms with Crippen LogP contribution in [0, 0.1) is 0 Å². The van der Waals surface area contributed by atoms with Crippen molar-refractivity contribution in [3.63, 3.8) is 0 Å². The zero-order chi connectivity index (χ0) is 9.47. The number of aromatic hydroxyl groups is 1. The van der Waals surface area contributed by atoms with Crippen LogP contribution in [-0.4, -0.2) is 15.8 Å². The van der Waals surface area contributed by atoms with Gasteiger partial charge < -0.3 is 10.2 Å². The quantitative estimate of drug-likeness (QED) is 0.836. The summed E-state index contributed by atoms with van der Waals surface area (Å²) in [5.41, 5.74) is 0.469. The van der Waals surface area contributed by atoms with E-state index in [1.54, 1.807) is 18.2 Å². The molecule has 0 saturated heterocycles. The molecule has 0 bridgehead atoms. The molecule has 0 amide bonds. The van der Waals surface area contributed by atoms with Gasteiger partial charge in [0, 0.05) is 10.9 Å². The second-order valence-corrected chi connectivity index (χ2v) is 4.53. The highest BCUT2D eigenvalue weighted by Crippen LogP contribution is 2.40. The van der Waals surface area contributed by atoms with E-state index >= 15 is 0 Å². The minimum absolute atomic E-state index is 0.252. The molecule has 2 N–H and O–H groups in total. The maximum absolute atomic E-state index is 9.70. The van der Waals surface area contributed by atoms with Crippen molar-refractivity contribution in [2.45, 2.75) is 24.9 Å². The lowest BCUT2D eigenvalue weighted by molar-refractivity contribution is 0.150. The molecule has 0 aliphatic heterocycles. The minimum Gasteiger partial charge on any atom is -0.508 e. The first kappa shape index (κ1) is 9.03. The molecule has 2 nitrogen and oxygen atoms in total. The number of hydrogen-bond donors (Lipinski definition) is 2. The molecule has 0 atom stereocenters. The number of halogens is 1. The number of rotatable bonds is 2. The summed E-state index contributed by atoms with van der Waals surface area (Å²) in [5, 5.41) is 18.9. The van der Waals surface area contributed by atoms with E-state index in [2.05, 4.69) is 15.9 Å². The Kier molecular flexibility index (Phi) is 2.08. The SMILES string of the molecule is Oc1ccc(Br)c(CC2(O)CC2)c1. The van der Waals surface area contributed by atoms with E-state index in [0.29, 0.717) is 6.42 Å². The van der Waals surface area contributed by atoms with Gasteiger partial charge in [0.15, 0.2) is 0 Å². The van der Waals surface area contributed by atoms with Crippen LogP contribution in [0.3, 0.4) is 0 Å². The molecule has 0 aromatic heterocycles. The van der Waals surface area contributed by atoms with Gasteiger partial charge in [-0.2, -0.15) is 0 Å². The van der Waals surface area contributed by atoms with E-state index in [9.17, 15) is 10.2 Å². The normalized spacial score (nSPS) is 18.6. The third-order valence-corrected chi connectivity index (χ3v) is 3.15. The van der Waals surface area contributed by atoms with Gasteiger partial charge in [0.2, 0.25) is 0 Å². The van der Waals surface area contributed by atoms with E-state index < -0.39 is 5.60 Å². The van der Waals surface area contributed by atoms with Crippen molar-refractivity contribution in [3.8, 4) is 5.75 Å². The lowest BCUT2D eigenvalue weighted by Gasteiger charge is -2.09.